The van der Waals surface area contributed by atoms with Crippen molar-refractivity contribution < 1.29 is 20.9 Å². The van der Waals surface area contributed by atoms with Gasteiger partial charge in [-0.05, 0) is 0 Å². The monoisotopic (exact) mass is 369 g/mol. The molecule has 0 heterocycles. The van der Waals surface area contributed by atoms with Crippen molar-refractivity contribution in [2.24, 2.45) is 3.34 Å². The van der Waals surface area contributed by atoms with Crippen molar-refractivity contribution in [3.8, 4) is 0 Å². The molecule has 0 aromatic heterocycles. The third-order valence-corrected chi connectivity index (χ3v) is 1.33. The molecule has 0 saturated carbocycles. The summed E-state index contributed by atoms with van der Waals surface area (Å²) >= 11 is 1.19. The number of hydrogen-bond acceptors (Lipinski definition) is 1. The van der Waals surface area contributed by atoms with Gasteiger partial charge in [0.1, 0.15) is 0 Å². The van der Waals surface area contributed by atoms with Crippen LogP contribution >= 0.6 is 0 Å². The zero-order chi connectivity index (χ0) is 12.8. The first kappa shape index (κ1) is 29.3. The van der Waals surface area contributed by atoms with E-state index < -0.39 is 0 Å². The molecule has 0 unspecified atom stereocenters. The minimum absolute atomic E-state index is 1.09. The van der Waals surface area contributed by atoms with Gasteiger partial charge >= 0.3 is 50.5 Å². The smallest absolute Gasteiger partial charge is 0.164 e. The van der Waals surface area contributed by atoms with Gasteiger partial charge in [-0.2, -0.15) is 27.8 Å². The molecule has 0 bridgehead atoms. The molecule has 0 rings (SSSR count). The van der Waals surface area contributed by atoms with E-state index in [1.54, 1.807) is 20.8 Å². The number of nitrogens with one attached hydrogen (secondary N) is 1. The van der Waals surface area contributed by atoms with Crippen LogP contribution in [0.15, 0.2) is 3.34 Å². The van der Waals surface area contributed by atoms with Crippen LogP contribution in [0.2, 0.25) is 0 Å². The molecule has 2 nitrogen and oxygen atoms in total. The summed E-state index contributed by atoms with van der Waals surface area (Å²) in [4.78, 5) is 0. The maximum absolute atomic E-state index is 5.75. The Morgan fingerprint density at radius 3 is 1.36 bits per heavy atom. The summed E-state index contributed by atoms with van der Waals surface area (Å²) in [5.74, 6) is 0. The van der Waals surface area contributed by atoms with Crippen LogP contribution in [0.5, 0.6) is 0 Å². The largest absolute Gasteiger partial charge is 0.680 e. The summed E-state index contributed by atoms with van der Waals surface area (Å²) in [6.07, 6.45) is 2.55. The van der Waals surface area contributed by atoms with Crippen molar-refractivity contribution in [3.05, 3.63) is 26.5 Å². The van der Waals surface area contributed by atoms with Gasteiger partial charge in [0.25, 0.3) is 0 Å². The predicted octanol–water partition coefficient (Wildman–Crippen LogP) is 4.71. The number of rotatable bonds is 3. The Hall–Kier alpha value is 0.500. The molecule has 0 fully saturated rings. The normalized spacial score (nSPS) is 5.14. The third kappa shape index (κ3) is 135. The molecule has 0 spiro atoms. The van der Waals surface area contributed by atoms with Crippen LogP contribution in [0, 0.1) is 20.8 Å². The maximum Gasteiger partial charge on any atom is -0.164 e. The summed E-state index contributed by atoms with van der Waals surface area (Å²) in [7, 11) is 1.25. The molecule has 3 heteroatoms. The van der Waals surface area contributed by atoms with E-state index in [0.717, 1.165) is 6.54 Å². The van der Waals surface area contributed by atoms with E-state index in [1.165, 1.54) is 40.8 Å². The topological polar surface area (TPSA) is 36.2 Å². The molecule has 0 amide bonds. The van der Waals surface area contributed by atoms with Gasteiger partial charge < -0.3 is 26.5 Å². The van der Waals surface area contributed by atoms with Gasteiger partial charge in [-0.3, -0.25) is 0 Å². The van der Waals surface area contributed by atoms with E-state index in [9.17, 15) is 0 Å². The number of unbranched alkanes of at least 4 members (excludes halogenated alkanes) is 1. The Morgan fingerprint density at radius 1 is 1.00 bits per heavy atom. The van der Waals surface area contributed by atoms with E-state index in [-0.39, 0.29) is 0 Å². The molecule has 0 aliphatic rings. The fourth-order valence-corrected chi connectivity index (χ4v) is 0.737. The Kier molecular flexibility index (Phi) is 218. The molecule has 0 aliphatic heterocycles. The number of nitrogens with zero attached hydrogens (tertiary/aromatic N) is 1. The van der Waals surface area contributed by atoms with Crippen LogP contribution in [-0.4, -0.2) is 13.6 Å². The van der Waals surface area contributed by atoms with Crippen LogP contribution in [0.3, 0.4) is 0 Å². The van der Waals surface area contributed by atoms with Crippen molar-refractivity contribution >= 4 is 0 Å². The quantitative estimate of drug-likeness (QED) is 0.511. The van der Waals surface area contributed by atoms with Crippen molar-refractivity contribution in [1.29, 1.82) is 0 Å². The molecular weight excluding hydrogens is 341 g/mol. The van der Waals surface area contributed by atoms with Gasteiger partial charge in [0.05, 0.1) is 0 Å². The standard InChI is InChI=1S/C4H9N.3C2H5.CH4N.Ta/c1-2-3-4-5;4*1-2;/h2-4H2,1H3;3*1H2,2H3;2H,1H3;/q;4*-1;. The average molecular weight is 369 g/mol. The second-order valence-electron chi connectivity index (χ2n) is 1.22. The fraction of sp³-hybridized carbons (Fsp3) is 0.727. The second kappa shape index (κ2) is 104. The molecule has 1 N–H and O–H groups in total. The van der Waals surface area contributed by atoms with E-state index >= 15 is 0 Å². The van der Waals surface area contributed by atoms with Gasteiger partial charge in [0.2, 0.25) is 0 Å². The van der Waals surface area contributed by atoms with Crippen LogP contribution < -0.4 is 0 Å². The van der Waals surface area contributed by atoms with E-state index in [0.29, 0.717) is 0 Å². The molecule has 0 atom stereocenters. The van der Waals surface area contributed by atoms with Gasteiger partial charge in [0, 0.05) is 0 Å². The molecule has 0 radical (unpaired) electrons. The average Bonchev–Trinajstić information content (AvgIpc) is 2.36. The van der Waals surface area contributed by atoms with Crippen LogP contribution in [-0.2, 0) is 20.9 Å². The van der Waals surface area contributed by atoms with Gasteiger partial charge in [-0.1, -0.05) is 0 Å². The van der Waals surface area contributed by atoms with Gasteiger partial charge in [0.15, 0.2) is 0 Å². The Labute approximate surface area is 105 Å². The van der Waals surface area contributed by atoms with Crippen molar-refractivity contribution in [1.82, 2.24) is 0 Å². The summed E-state index contributed by atoms with van der Waals surface area (Å²) < 4.78 is 4.04. The van der Waals surface area contributed by atoms with Crippen molar-refractivity contribution in [2.45, 2.75) is 40.5 Å². The Balaban J connectivity index is -0.0000000287. The zero-order valence-corrected chi connectivity index (χ0v) is 13.9. The molecule has 0 aromatic rings. The van der Waals surface area contributed by atoms with E-state index in [4.69, 9.17) is 5.73 Å². The molecule has 91 valence electrons. The van der Waals surface area contributed by atoms with Crippen LogP contribution in [0.4, 0.5) is 0 Å². The Bertz CT molecular complexity index is 42.3. The summed E-state index contributed by atoms with van der Waals surface area (Å²) in [5.41, 5.74) is 5.75. The molecule has 0 aliphatic carbocycles. The molecule has 14 heavy (non-hydrogen) atoms. The van der Waals surface area contributed by atoms with E-state index in [2.05, 4.69) is 31.0 Å². The summed E-state index contributed by atoms with van der Waals surface area (Å²) in [6, 6.07) is 0. The van der Waals surface area contributed by atoms with E-state index in [1.807, 2.05) is 0 Å². The molecular formula is C11H28N2Ta-4. The summed E-state index contributed by atoms with van der Waals surface area (Å²) in [5, 5.41) is 0. The fourth-order valence-electron chi connectivity index (χ4n) is 0.229. The first-order valence-electron chi connectivity index (χ1n) is 4.84. The maximum atomic E-state index is 5.75. The van der Waals surface area contributed by atoms with Crippen LogP contribution in [0.1, 0.15) is 40.5 Å². The third-order valence-electron chi connectivity index (χ3n) is 0.612. The molecule has 0 saturated heterocycles. The SMILES string of the molecule is CCCC[N]=[Ta].C[NH-].[CH2-]C.[CH2-]C.[CH2-]C. The first-order valence-corrected chi connectivity index (χ1v) is 6.28. The van der Waals surface area contributed by atoms with Crippen LogP contribution in [0.25, 0.3) is 5.73 Å². The van der Waals surface area contributed by atoms with Crippen molar-refractivity contribution in [3.63, 3.8) is 0 Å². The zero-order valence-electron chi connectivity index (χ0n) is 10.6. The first-order chi connectivity index (χ1) is 6.91. The minimum atomic E-state index is 1.09. The minimum Gasteiger partial charge on any atom is -0.680 e. The Morgan fingerprint density at radius 2 is 1.29 bits per heavy atom. The summed E-state index contributed by atoms with van der Waals surface area (Å²) in [6.45, 7) is 18.3. The van der Waals surface area contributed by atoms with Crippen molar-refractivity contribution in [2.75, 3.05) is 13.6 Å². The second-order valence-corrected chi connectivity index (χ2v) is 2.23. The number of hydrogen-bond donors (Lipinski definition) is 0. The predicted molar refractivity (Wildman–Crippen MR) is 65.5 cm³/mol. The van der Waals surface area contributed by atoms with Gasteiger partial charge in [-0.25, -0.2) is 0 Å². The van der Waals surface area contributed by atoms with Gasteiger partial charge in [-0.15, -0.1) is 0 Å². The molecule has 0 aromatic carbocycles.